The number of alkyl halides is 1. The Kier molecular flexibility index (Phi) is 5.60. The Morgan fingerprint density at radius 1 is 1.27 bits per heavy atom. The molecular weight excluding hydrogens is 383 g/mol. The van der Waals surface area contributed by atoms with E-state index in [1.165, 1.54) is 0 Å². The minimum atomic E-state index is -1.78. The average Bonchev–Trinajstić information content (AvgIpc) is 3.15. The van der Waals surface area contributed by atoms with Crippen molar-refractivity contribution in [3.8, 4) is 11.3 Å². The highest BCUT2D eigenvalue weighted by atomic mass is 19.1. The lowest BCUT2D eigenvalue weighted by atomic mass is 9.87. The summed E-state index contributed by atoms with van der Waals surface area (Å²) in [4.78, 5) is 23.8. The number of aryl methyl sites for hydroxylation is 1. The molecule has 1 saturated heterocycles. The van der Waals surface area contributed by atoms with Crippen molar-refractivity contribution < 1.29 is 9.18 Å². The van der Waals surface area contributed by atoms with Crippen LogP contribution in [0.4, 0.5) is 4.39 Å². The van der Waals surface area contributed by atoms with E-state index in [2.05, 4.69) is 39.0 Å². The number of halogens is 1. The smallest absolute Gasteiger partial charge is 0.177 e. The van der Waals surface area contributed by atoms with Crippen molar-refractivity contribution in [2.75, 3.05) is 19.6 Å². The van der Waals surface area contributed by atoms with Crippen LogP contribution in [0.3, 0.4) is 0 Å². The van der Waals surface area contributed by atoms with Gasteiger partial charge in [-0.1, -0.05) is 31.2 Å². The molecule has 0 saturated carbocycles. The Bertz CT molecular complexity index is 1050. The summed E-state index contributed by atoms with van der Waals surface area (Å²) in [6.07, 6.45) is 3.89. The summed E-state index contributed by atoms with van der Waals surface area (Å²) in [6.45, 7) is 6.46. The molecule has 4 rings (SSSR count). The predicted molar refractivity (Wildman–Crippen MR) is 113 cm³/mol. The van der Waals surface area contributed by atoms with Crippen LogP contribution in [0.5, 0.6) is 0 Å². The Morgan fingerprint density at radius 3 is 2.70 bits per heavy atom. The Balaban J connectivity index is 1.48. The molecule has 1 fully saturated rings. The highest BCUT2D eigenvalue weighted by Gasteiger charge is 2.41. The van der Waals surface area contributed by atoms with Gasteiger partial charge in [-0.25, -0.2) is 14.4 Å². The van der Waals surface area contributed by atoms with Gasteiger partial charge in [0.1, 0.15) is 11.5 Å². The van der Waals surface area contributed by atoms with Gasteiger partial charge in [-0.2, -0.15) is 0 Å². The molecular formula is C22H27FN6O. The summed E-state index contributed by atoms with van der Waals surface area (Å²) < 4.78 is 17.0. The number of Topliss-reactive ketones (excluding diaryl/α,β-unsaturated/α-hetero) is 1. The molecule has 1 aliphatic rings. The summed E-state index contributed by atoms with van der Waals surface area (Å²) in [5.74, 6) is 0.465. The van der Waals surface area contributed by atoms with E-state index in [0.29, 0.717) is 30.3 Å². The summed E-state index contributed by atoms with van der Waals surface area (Å²) in [6, 6.07) is 5.73. The van der Waals surface area contributed by atoms with Gasteiger partial charge < -0.3 is 4.90 Å². The Morgan fingerprint density at radius 2 is 2.03 bits per heavy atom. The maximum atomic E-state index is 15.3. The molecule has 2 aromatic heterocycles. The number of piperidine rings is 1. The third-order valence-electron chi connectivity index (χ3n) is 5.62. The summed E-state index contributed by atoms with van der Waals surface area (Å²) >= 11 is 0. The maximum absolute atomic E-state index is 15.3. The lowest BCUT2D eigenvalue weighted by molar-refractivity contribution is -0.133. The zero-order valence-corrected chi connectivity index (χ0v) is 17.7. The van der Waals surface area contributed by atoms with Crippen LogP contribution in [0.1, 0.15) is 32.5 Å². The van der Waals surface area contributed by atoms with Crippen LogP contribution in [-0.2, 0) is 18.3 Å². The molecule has 0 unspecified atom stereocenters. The molecule has 0 N–H and O–H groups in total. The monoisotopic (exact) mass is 410 g/mol. The molecule has 0 atom stereocenters. The van der Waals surface area contributed by atoms with Crippen molar-refractivity contribution in [2.24, 2.45) is 13.0 Å². The number of carbonyl (C=O) groups excluding carboxylic acids is 1. The third-order valence-corrected chi connectivity index (χ3v) is 5.62. The van der Waals surface area contributed by atoms with E-state index in [1.807, 2.05) is 31.4 Å². The second-order valence-electron chi connectivity index (χ2n) is 8.60. The lowest BCUT2D eigenvalue weighted by Crippen LogP contribution is -2.47. The van der Waals surface area contributed by atoms with Gasteiger partial charge in [0.05, 0.1) is 18.1 Å². The van der Waals surface area contributed by atoms with Gasteiger partial charge in [0.2, 0.25) is 0 Å². The molecule has 1 aromatic carbocycles. The molecule has 8 heteroatoms. The van der Waals surface area contributed by atoms with Crippen molar-refractivity contribution >= 4 is 16.7 Å². The Hall–Kier alpha value is -2.74. The number of nitrogens with zero attached hydrogens (tertiary/aromatic N) is 6. The molecule has 3 heterocycles. The molecule has 30 heavy (non-hydrogen) atoms. The molecule has 1 aliphatic heterocycles. The van der Waals surface area contributed by atoms with Crippen LogP contribution in [0.2, 0.25) is 0 Å². The largest absolute Gasteiger partial charge is 0.303 e. The van der Waals surface area contributed by atoms with E-state index in [9.17, 15) is 4.79 Å². The SMILES string of the molecule is CC(C)CN1CCC(F)(C(=O)Cc2ncc3ccc(-c4cn(C)nn4)cc3n2)CC1. The predicted octanol–water partition coefficient (Wildman–Crippen LogP) is 3.00. The number of aromatic nitrogens is 5. The van der Waals surface area contributed by atoms with Gasteiger partial charge >= 0.3 is 0 Å². The molecule has 0 bridgehead atoms. The van der Waals surface area contributed by atoms with E-state index >= 15 is 4.39 Å². The minimum absolute atomic E-state index is 0.0913. The quantitative estimate of drug-likeness (QED) is 0.622. The van der Waals surface area contributed by atoms with Gasteiger partial charge in [-0.05, 0) is 12.0 Å². The van der Waals surface area contributed by atoms with Crippen molar-refractivity contribution in [1.82, 2.24) is 29.9 Å². The average molecular weight is 410 g/mol. The number of fused-ring (bicyclic) bond motifs is 1. The topological polar surface area (TPSA) is 76.8 Å². The van der Waals surface area contributed by atoms with Crippen molar-refractivity contribution in [2.45, 2.75) is 38.8 Å². The molecule has 158 valence electrons. The van der Waals surface area contributed by atoms with Gasteiger partial charge in [-0.15, -0.1) is 5.10 Å². The maximum Gasteiger partial charge on any atom is 0.177 e. The van der Waals surface area contributed by atoms with Crippen LogP contribution in [0, 0.1) is 5.92 Å². The van der Waals surface area contributed by atoms with Crippen LogP contribution >= 0.6 is 0 Å². The molecule has 7 nitrogen and oxygen atoms in total. The number of carbonyl (C=O) groups is 1. The van der Waals surface area contributed by atoms with Gasteiger partial charge in [-0.3, -0.25) is 9.48 Å². The highest BCUT2D eigenvalue weighted by Crippen LogP contribution is 2.29. The van der Waals surface area contributed by atoms with Crippen molar-refractivity contribution in [3.05, 3.63) is 36.4 Å². The van der Waals surface area contributed by atoms with E-state index in [0.717, 1.165) is 23.2 Å². The highest BCUT2D eigenvalue weighted by molar-refractivity contribution is 5.89. The number of hydrogen-bond acceptors (Lipinski definition) is 6. The van der Waals surface area contributed by atoms with Gasteiger partial charge in [0, 0.05) is 56.7 Å². The standard InChI is InChI=1S/C22H27FN6O/c1-15(2)13-29-8-6-22(23,7-9-29)20(30)11-21-24-12-17-5-4-16(10-18(17)25-21)19-14-28(3)27-26-19/h4-5,10,12,14-15H,6-9,11,13H2,1-3H3. The third kappa shape index (κ3) is 4.38. The molecule has 0 radical (unpaired) electrons. The number of benzene rings is 1. The fraction of sp³-hybridized carbons (Fsp3) is 0.500. The number of likely N-dealkylation sites (tertiary alicyclic amines) is 1. The molecule has 3 aromatic rings. The summed E-state index contributed by atoms with van der Waals surface area (Å²) in [5.41, 5.74) is 0.543. The summed E-state index contributed by atoms with van der Waals surface area (Å²) in [5, 5.41) is 8.93. The fourth-order valence-corrected chi connectivity index (χ4v) is 3.97. The van der Waals surface area contributed by atoms with E-state index in [1.54, 1.807) is 10.9 Å². The summed E-state index contributed by atoms with van der Waals surface area (Å²) in [7, 11) is 1.81. The van der Waals surface area contributed by atoms with Crippen LogP contribution in [0.15, 0.2) is 30.6 Å². The normalized spacial score (nSPS) is 17.0. The van der Waals surface area contributed by atoms with E-state index < -0.39 is 11.5 Å². The van der Waals surface area contributed by atoms with E-state index in [-0.39, 0.29) is 19.3 Å². The Labute approximate surface area is 175 Å². The minimum Gasteiger partial charge on any atom is -0.303 e. The molecule has 0 amide bonds. The zero-order valence-electron chi connectivity index (χ0n) is 17.7. The van der Waals surface area contributed by atoms with Gasteiger partial charge in [0.25, 0.3) is 0 Å². The van der Waals surface area contributed by atoms with Crippen LogP contribution in [-0.4, -0.2) is 60.9 Å². The first-order chi connectivity index (χ1) is 14.3. The van der Waals surface area contributed by atoms with Crippen LogP contribution in [0.25, 0.3) is 22.2 Å². The first-order valence-electron chi connectivity index (χ1n) is 10.4. The number of rotatable bonds is 6. The number of hydrogen-bond donors (Lipinski definition) is 0. The van der Waals surface area contributed by atoms with Crippen LogP contribution < -0.4 is 0 Å². The first kappa shape index (κ1) is 20.5. The first-order valence-corrected chi connectivity index (χ1v) is 10.4. The molecule has 0 aliphatic carbocycles. The fourth-order valence-electron chi connectivity index (χ4n) is 3.97. The molecule has 0 spiro atoms. The number of ketones is 1. The zero-order chi connectivity index (χ0) is 21.3. The van der Waals surface area contributed by atoms with E-state index in [4.69, 9.17) is 0 Å². The van der Waals surface area contributed by atoms with Crippen molar-refractivity contribution in [3.63, 3.8) is 0 Å². The van der Waals surface area contributed by atoms with Gasteiger partial charge in [0.15, 0.2) is 11.5 Å². The second kappa shape index (κ2) is 8.18. The second-order valence-corrected chi connectivity index (χ2v) is 8.60. The van der Waals surface area contributed by atoms with Crippen molar-refractivity contribution in [1.29, 1.82) is 0 Å². The lowest BCUT2D eigenvalue weighted by Gasteiger charge is -2.36.